The Balaban J connectivity index is 2.55. The number of rotatable bonds is 3. The van der Waals surface area contributed by atoms with E-state index in [0.29, 0.717) is 10.6 Å². The van der Waals surface area contributed by atoms with Gasteiger partial charge in [0.15, 0.2) is 11.5 Å². The fourth-order valence-electron chi connectivity index (χ4n) is 1.55. The van der Waals surface area contributed by atoms with Crippen molar-refractivity contribution >= 4 is 34.7 Å². The van der Waals surface area contributed by atoms with Gasteiger partial charge in [-0.1, -0.05) is 11.6 Å². The number of carbonyl (C=O) groups excluding carboxylic acids is 2. The topological polar surface area (TPSA) is 56.3 Å². The van der Waals surface area contributed by atoms with Crippen LogP contribution >= 0.6 is 22.9 Å². The standard InChI is InChI=1S/C13H9ClFNO3S/c1-6(17)11-10(13(18)19-2)16-12(20-11)7-3-4-9(15)8(14)5-7/h3-5H,1-2H3. The van der Waals surface area contributed by atoms with E-state index in [-0.39, 0.29) is 21.4 Å². The first-order chi connectivity index (χ1) is 9.43. The van der Waals surface area contributed by atoms with Gasteiger partial charge in [0.25, 0.3) is 0 Å². The van der Waals surface area contributed by atoms with Crippen LogP contribution in [-0.2, 0) is 4.74 Å². The van der Waals surface area contributed by atoms with Crippen molar-refractivity contribution in [3.05, 3.63) is 39.6 Å². The fourth-order valence-corrected chi connectivity index (χ4v) is 2.67. The number of carbonyl (C=O) groups is 2. The molecule has 104 valence electrons. The lowest BCUT2D eigenvalue weighted by Crippen LogP contribution is -2.06. The van der Waals surface area contributed by atoms with Crippen molar-refractivity contribution in [3.63, 3.8) is 0 Å². The molecule has 1 aromatic heterocycles. The number of ether oxygens (including phenoxy) is 1. The smallest absolute Gasteiger partial charge is 0.358 e. The maximum absolute atomic E-state index is 13.1. The summed E-state index contributed by atoms with van der Waals surface area (Å²) in [5, 5.41) is 0.346. The summed E-state index contributed by atoms with van der Waals surface area (Å²) in [4.78, 5) is 27.4. The predicted molar refractivity (Wildman–Crippen MR) is 73.9 cm³/mol. The highest BCUT2D eigenvalue weighted by Gasteiger charge is 2.22. The molecule has 0 aliphatic carbocycles. The maximum Gasteiger partial charge on any atom is 0.358 e. The molecular formula is C13H9ClFNO3S. The van der Waals surface area contributed by atoms with Gasteiger partial charge in [-0.2, -0.15) is 0 Å². The van der Waals surface area contributed by atoms with Crippen LogP contribution in [0.1, 0.15) is 27.1 Å². The van der Waals surface area contributed by atoms with Crippen LogP contribution in [0.2, 0.25) is 5.02 Å². The minimum Gasteiger partial charge on any atom is -0.464 e. The molecule has 0 amide bonds. The van der Waals surface area contributed by atoms with Gasteiger partial charge < -0.3 is 4.74 Å². The number of thiazole rings is 1. The van der Waals surface area contributed by atoms with Crippen LogP contribution in [0.25, 0.3) is 10.6 Å². The monoisotopic (exact) mass is 313 g/mol. The third kappa shape index (κ3) is 2.71. The van der Waals surface area contributed by atoms with Gasteiger partial charge in [0, 0.05) is 12.5 Å². The number of Topliss-reactive ketones (excluding diaryl/α,β-unsaturated/α-hetero) is 1. The van der Waals surface area contributed by atoms with Gasteiger partial charge in [-0.05, 0) is 18.2 Å². The van der Waals surface area contributed by atoms with E-state index in [1.54, 1.807) is 0 Å². The average Bonchev–Trinajstić information content (AvgIpc) is 2.86. The second kappa shape index (κ2) is 5.68. The molecular weight excluding hydrogens is 305 g/mol. The largest absolute Gasteiger partial charge is 0.464 e. The van der Waals surface area contributed by atoms with E-state index in [1.807, 2.05) is 0 Å². The normalized spacial score (nSPS) is 10.4. The van der Waals surface area contributed by atoms with Gasteiger partial charge >= 0.3 is 5.97 Å². The minimum absolute atomic E-state index is 0.0413. The van der Waals surface area contributed by atoms with Crippen LogP contribution in [-0.4, -0.2) is 23.8 Å². The third-order valence-electron chi connectivity index (χ3n) is 2.49. The number of hydrogen-bond donors (Lipinski definition) is 0. The third-order valence-corrected chi connectivity index (χ3v) is 3.99. The number of methoxy groups -OCH3 is 1. The van der Waals surface area contributed by atoms with Gasteiger partial charge in [-0.3, -0.25) is 4.79 Å². The molecule has 0 fully saturated rings. The molecule has 0 unspecified atom stereocenters. The molecule has 7 heteroatoms. The molecule has 0 saturated heterocycles. The lowest BCUT2D eigenvalue weighted by atomic mass is 10.2. The van der Waals surface area contributed by atoms with Gasteiger partial charge in [0.05, 0.1) is 12.1 Å². The lowest BCUT2D eigenvalue weighted by Gasteiger charge is -1.98. The van der Waals surface area contributed by atoms with Crippen molar-refractivity contribution < 1.29 is 18.7 Å². The summed E-state index contributed by atoms with van der Waals surface area (Å²) < 4.78 is 17.7. The first-order valence-corrected chi connectivity index (χ1v) is 6.69. The summed E-state index contributed by atoms with van der Waals surface area (Å²) in [6.45, 7) is 1.33. The highest BCUT2D eigenvalue weighted by Crippen LogP contribution is 2.31. The van der Waals surface area contributed by atoms with E-state index < -0.39 is 11.8 Å². The highest BCUT2D eigenvalue weighted by atomic mass is 35.5. The molecule has 2 aromatic rings. The summed E-state index contributed by atoms with van der Waals surface area (Å²) in [6, 6.07) is 4.07. The number of esters is 1. The quantitative estimate of drug-likeness (QED) is 0.642. The SMILES string of the molecule is COC(=O)c1nc(-c2ccc(F)c(Cl)c2)sc1C(C)=O. The zero-order chi connectivity index (χ0) is 14.9. The van der Waals surface area contributed by atoms with E-state index in [4.69, 9.17) is 11.6 Å². The molecule has 0 radical (unpaired) electrons. The van der Waals surface area contributed by atoms with E-state index in [1.165, 1.54) is 32.2 Å². The van der Waals surface area contributed by atoms with Crippen LogP contribution in [0.15, 0.2) is 18.2 Å². The van der Waals surface area contributed by atoms with Crippen molar-refractivity contribution in [1.82, 2.24) is 4.98 Å². The van der Waals surface area contributed by atoms with E-state index in [9.17, 15) is 14.0 Å². The Morgan fingerprint density at radius 3 is 2.65 bits per heavy atom. The minimum atomic E-state index is -0.689. The van der Waals surface area contributed by atoms with Crippen LogP contribution in [0.3, 0.4) is 0 Å². The zero-order valence-electron chi connectivity index (χ0n) is 10.6. The summed E-state index contributed by atoms with van der Waals surface area (Å²) >= 11 is 6.74. The average molecular weight is 314 g/mol. The summed E-state index contributed by atoms with van der Waals surface area (Å²) in [5.74, 6) is -1.53. The lowest BCUT2D eigenvalue weighted by molar-refractivity contribution is 0.0591. The molecule has 0 aliphatic rings. The Labute approximate surface area is 123 Å². The molecule has 0 bridgehead atoms. The second-order valence-corrected chi connectivity index (χ2v) is 5.28. The number of benzene rings is 1. The first kappa shape index (κ1) is 14.6. The molecule has 0 aliphatic heterocycles. The number of hydrogen-bond acceptors (Lipinski definition) is 5. The van der Waals surface area contributed by atoms with E-state index >= 15 is 0 Å². The van der Waals surface area contributed by atoms with Crippen LogP contribution in [0.4, 0.5) is 4.39 Å². The maximum atomic E-state index is 13.1. The predicted octanol–water partition coefficient (Wildman–Crippen LogP) is 3.59. The zero-order valence-corrected chi connectivity index (χ0v) is 12.1. The van der Waals surface area contributed by atoms with E-state index in [2.05, 4.69) is 9.72 Å². The number of halogens is 2. The molecule has 1 heterocycles. The van der Waals surface area contributed by atoms with Crippen molar-refractivity contribution in [2.24, 2.45) is 0 Å². The summed E-state index contributed by atoms with van der Waals surface area (Å²) in [7, 11) is 1.21. The van der Waals surface area contributed by atoms with Crippen LogP contribution < -0.4 is 0 Å². The van der Waals surface area contributed by atoms with Crippen molar-refractivity contribution in [3.8, 4) is 10.6 Å². The van der Waals surface area contributed by atoms with Crippen molar-refractivity contribution in [2.75, 3.05) is 7.11 Å². The highest BCUT2D eigenvalue weighted by molar-refractivity contribution is 7.17. The first-order valence-electron chi connectivity index (χ1n) is 5.49. The Kier molecular flexibility index (Phi) is 4.15. The van der Waals surface area contributed by atoms with Crippen LogP contribution in [0.5, 0.6) is 0 Å². The molecule has 4 nitrogen and oxygen atoms in total. The van der Waals surface area contributed by atoms with Crippen molar-refractivity contribution in [2.45, 2.75) is 6.92 Å². The number of aromatic nitrogens is 1. The molecule has 1 aromatic carbocycles. The Hall–Kier alpha value is -1.79. The molecule has 0 saturated carbocycles. The second-order valence-electron chi connectivity index (χ2n) is 3.87. The molecule has 2 rings (SSSR count). The Morgan fingerprint density at radius 1 is 1.40 bits per heavy atom. The summed E-state index contributed by atoms with van der Waals surface area (Å²) in [6.07, 6.45) is 0. The molecule has 20 heavy (non-hydrogen) atoms. The van der Waals surface area contributed by atoms with Crippen molar-refractivity contribution in [1.29, 1.82) is 0 Å². The molecule has 0 N–H and O–H groups in total. The Bertz CT molecular complexity index is 699. The molecule has 0 atom stereocenters. The van der Waals surface area contributed by atoms with Crippen LogP contribution in [0, 0.1) is 5.82 Å². The number of ketones is 1. The van der Waals surface area contributed by atoms with Gasteiger partial charge in [0.2, 0.25) is 0 Å². The van der Waals surface area contributed by atoms with Gasteiger partial charge in [-0.25, -0.2) is 14.2 Å². The van der Waals surface area contributed by atoms with Gasteiger partial charge in [0.1, 0.15) is 15.7 Å². The van der Waals surface area contributed by atoms with Gasteiger partial charge in [-0.15, -0.1) is 11.3 Å². The summed E-state index contributed by atoms with van der Waals surface area (Å²) in [5.41, 5.74) is 0.486. The molecule has 0 spiro atoms. The Morgan fingerprint density at radius 2 is 2.10 bits per heavy atom. The van der Waals surface area contributed by atoms with E-state index in [0.717, 1.165) is 11.3 Å². The fraction of sp³-hybridized carbons (Fsp3) is 0.154. The number of nitrogens with zero attached hydrogens (tertiary/aromatic N) is 1.